The molecule has 116 valence electrons. The summed E-state index contributed by atoms with van der Waals surface area (Å²) >= 11 is 0. The minimum atomic E-state index is -1.08. The van der Waals surface area contributed by atoms with Crippen LogP contribution in [0.1, 0.15) is 15.9 Å². The Morgan fingerprint density at radius 3 is 2.70 bits per heavy atom. The van der Waals surface area contributed by atoms with Crippen LogP contribution in [0.4, 0.5) is 0 Å². The molecular weight excluding hydrogens is 296 g/mol. The third kappa shape index (κ3) is 3.37. The number of carboxylic acid groups (broad SMARTS) is 1. The first-order valence-electron chi connectivity index (χ1n) is 7.04. The number of aromatic nitrogens is 1. The first kappa shape index (κ1) is 14.8. The highest BCUT2D eigenvalue weighted by Crippen LogP contribution is 2.14. The van der Waals surface area contributed by atoms with E-state index in [9.17, 15) is 14.7 Å². The number of carboxylic acids is 1. The van der Waals surface area contributed by atoms with E-state index >= 15 is 0 Å². The number of carbonyl (C=O) groups excluding carboxylic acids is 1. The molecule has 2 aromatic carbocycles. The van der Waals surface area contributed by atoms with Gasteiger partial charge < -0.3 is 14.8 Å². The molecule has 0 saturated carbocycles. The number of fused-ring (bicyclic) bond motifs is 1. The number of rotatable bonds is 5. The second-order valence-electron chi connectivity index (χ2n) is 5.09. The van der Waals surface area contributed by atoms with E-state index in [4.69, 9.17) is 4.42 Å². The van der Waals surface area contributed by atoms with E-state index in [2.05, 4.69) is 10.3 Å². The number of benzene rings is 2. The van der Waals surface area contributed by atoms with Crippen LogP contribution in [0, 0.1) is 0 Å². The molecule has 0 aliphatic rings. The van der Waals surface area contributed by atoms with Crippen LogP contribution in [-0.4, -0.2) is 28.0 Å². The van der Waals surface area contributed by atoms with Crippen LogP contribution in [0.3, 0.4) is 0 Å². The largest absolute Gasteiger partial charge is 0.480 e. The van der Waals surface area contributed by atoms with Crippen molar-refractivity contribution >= 4 is 23.0 Å². The summed E-state index contributed by atoms with van der Waals surface area (Å²) in [5.41, 5.74) is 2.30. The van der Waals surface area contributed by atoms with Gasteiger partial charge in [0.15, 0.2) is 12.0 Å². The van der Waals surface area contributed by atoms with Crippen LogP contribution in [0.15, 0.2) is 59.3 Å². The molecule has 0 bridgehead atoms. The van der Waals surface area contributed by atoms with Crippen LogP contribution in [-0.2, 0) is 11.2 Å². The fourth-order valence-corrected chi connectivity index (χ4v) is 2.29. The molecule has 0 aliphatic carbocycles. The van der Waals surface area contributed by atoms with E-state index in [1.54, 1.807) is 18.2 Å². The fourth-order valence-electron chi connectivity index (χ4n) is 2.29. The normalized spacial score (nSPS) is 12.0. The van der Waals surface area contributed by atoms with E-state index in [1.165, 1.54) is 6.39 Å². The van der Waals surface area contributed by atoms with E-state index < -0.39 is 17.9 Å². The van der Waals surface area contributed by atoms with Gasteiger partial charge in [-0.25, -0.2) is 9.78 Å². The zero-order chi connectivity index (χ0) is 16.2. The highest BCUT2D eigenvalue weighted by atomic mass is 16.4. The predicted octanol–water partition coefficient (Wildman–Crippen LogP) is 2.25. The summed E-state index contributed by atoms with van der Waals surface area (Å²) in [5, 5.41) is 11.9. The number of hydrogen-bond donors (Lipinski definition) is 2. The Hall–Kier alpha value is -3.15. The SMILES string of the molecule is O=C(NC(Cc1ccccc1)C(=O)O)c1ccc2ocnc2c1. The predicted molar refractivity (Wildman–Crippen MR) is 83.0 cm³/mol. The van der Waals surface area contributed by atoms with Gasteiger partial charge >= 0.3 is 5.97 Å². The molecule has 2 N–H and O–H groups in total. The van der Waals surface area contributed by atoms with E-state index in [-0.39, 0.29) is 6.42 Å². The van der Waals surface area contributed by atoms with Crippen molar-refractivity contribution in [3.63, 3.8) is 0 Å². The van der Waals surface area contributed by atoms with Crippen molar-refractivity contribution in [1.82, 2.24) is 10.3 Å². The highest BCUT2D eigenvalue weighted by molar-refractivity contribution is 5.98. The molecule has 0 aliphatic heterocycles. The summed E-state index contributed by atoms with van der Waals surface area (Å²) < 4.78 is 5.11. The average molecular weight is 310 g/mol. The minimum absolute atomic E-state index is 0.216. The summed E-state index contributed by atoms with van der Waals surface area (Å²) in [7, 11) is 0. The quantitative estimate of drug-likeness (QED) is 0.754. The van der Waals surface area contributed by atoms with Gasteiger partial charge in [-0.3, -0.25) is 4.79 Å². The van der Waals surface area contributed by atoms with Crippen molar-refractivity contribution in [2.24, 2.45) is 0 Å². The van der Waals surface area contributed by atoms with Gasteiger partial charge in [-0.15, -0.1) is 0 Å². The summed E-state index contributed by atoms with van der Waals surface area (Å²) in [5.74, 6) is -1.54. The molecule has 3 aromatic rings. The topological polar surface area (TPSA) is 92.4 Å². The lowest BCUT2D eigenvalue weighted by Gasteiger charge is -2.14. The van der Waals surface area contributed by atoms with Crippen molar-refractivity contribution in [2.75, 3.05) is 0 Å². The Labute approximate surface area is 131 Å². The smallest absolute Gasteiger partial charge is 0.326 e. The summed E-state index contributed by atoms with van der Waals surface area (Å²) in [6.07, 6.45) is 1.51. The van der Waals surface area contributed by atoms with Crippen LogP contribution >= 0.6 is 0 Å². The molecular formula is C17H14N2O4. The first-order valence-corrected chi connectivity index (χ1v) is 7.04. The zero-order valence-electron chi connectivity index (χ0n) is 12.1. The monoisotopic (exact) mass is 310 g/mol. The molecule has 3 rings (SSSR count). The van der Waals surface area contributed by atoms with Crippen molar-refractivity contribution in [3.05, 3.63) is 66.1 Å². The maximum absolute atomic E-state index is 12.3. The Morgan fingerprint density at radius 1 is 1.17 bits per heavy atom. The lowest BCUT2D eigenvalue weighted by atomic mass is 10.1. The van der Waals surface area contributed by atoms with Gasteiger partial charge in [0.2, 0.25) is 0 Å². The maximum atomic E-state index is 12.3. The summed E-state index contributed by atoms with van der Waals surface area (Å²) in [4.78, 5) is 27.7. The standard InChI is InChI=1S/C17H14N2O4/c20-16(12-6-7-15-13(9-12)18-10-23-15)19-14(17(21)22)8-11-4-2-1-3-5-11/h1-7,9-10,14H,8H2,(H,19,20)(H,21,22). The van der Waals surface area contributed by atoms with Crippen molar-refractivity contribution in [1.29, 1.82) is 0 Å². The Morgan fingerprint density at radius 2 is 1.96 bits per heavy atom. The van der Waals surface area contributed by atoms with Gasteiger partial charge in [-0.1, -0.05) is 30.3 Å². The second kappa shape index (κ2) is 6.31. The molecule has 23 heavy (non-hydrogen) atoms. The molecule has 1 amide bonds. The molecule has 1 unspecified atom stereocenters. The number of carbonyl (C=O) groups is 2. The molecule has 1 atom stereocenters. The number of hydrogen-bond acceptors (Lipinski definition) is 4. The van der Waals surface area contributed by atoms with Gasteiger partial charge in [0.1, 0.15) is 11.6 Å². The number of nitrogens with one attached hydrogen (secondary N) is 1. The lowest BCUT2D eigenvalue weighted by Crippen LogP contribution is -2.42. The number of oxazole rings is 1. The molecule has 6 heteroatoms. The molecule has 1 heterocycles. The van der Waals surface area contributed by atoms with Crippen LogP contribution in [0.25, 0.3) is 11.1 Å². The highest BCUT2D eigenvalue weighted by Gasteiger charge is 2.21. The molecule has 0 spiro atoms. The fraction of sp³-hybridized carbons (Fsp3) is 0.118. The van der Waals surface area contributed by atoms with Crippen molar-refractivity contribution in [2.45, 2.75) is 12.5 Å². The second-order valence-corrected chi connectivity index (χ2v) is 5.09. The zero-order valence-corrected chi connectivity index (χ0v) is 12.1. The third-order valence-electron chi connectivity index (χ3n) is 3.48. The summed E-state index contributed by atoms with van der Waals surface area (Å²) in [6, 6.07) is 12.9. The molecule has 0 radical (unpaired) electrons. The van der Waals surface area contributed by atoms with E-state index in [0.29, 0.717) is 16.7 Å². The first-order chi connectivity index (χ1) is 11.1. The third-order valence-corrected chi connectivity index (χ3v) is 3.48. The van der Waals surface area contributed by atoms with Gasteiger partial charge in [0, 0.05) is 12.0 Å². The average Bonchev–Trinajstić information content (AvgIpc) is 3.02. The lowest BCUT2D eigenvalue weighted by molar-refractivity contribution is -0.139. The number of nitrogens with zero attached hydrogens (tertiary/aromatic N) is 1. The van der Waals surface area contributed by atoms with Gasteiger partial charge in [-0.05, 0) is 23.8 Å². The summed E-state index contributed by atoms with van der Waals surface area (Å²) in [6.45, 7) is 0. The number of aliphatic carboxylic acids is 1. The minimum Gasteiger partial charge on any atom is -0.480 e. The Kier molecular flexibility index (Phi) is 4.05. The Bertz CT molecular complexity index is 842. The Balaban J connectivity index is 1.76. The van der Waals surface area contributed by atoms with Gasteiger partial charge in [0.05, 0.1) is 0 Å². The van der Waals surface area contributed by atoms with E-state index in [0.717, 1.165) is 5.56 Å². The molecule has 0 fully saturated rings. The van der Waals surface area contributed by atoms with Gasteiger partial charge in [-0.2, -0.15) is 0 Å². The molecule has 1 aromatic heterocycles. The molecule has 6 nitrogen and oxygen atoms in total. The van der Waals surface area contributed by atoms with Crippen LogP contribution in [0.5, 0.6) is 0 Å². The van der Waals surface area contributed by atoms with Crippen LogP contribution in [0.2, 0.25) is 0 Å². The maximum Gasteiger partial charge on any atom is 0.326 e. The van der Waals surface area contributed by atoms with Crippen molar-refractivity contribution in [3.8, 4) is 0 Å². The van der Waals surface area contributed by atoms with Gasteiger partial charge in [0.25, 0.3) is 5.91 Å². The molecule has 0 saturated heterocycles. The van der Waals surface area contributed by atoms with Crippen molar-refractivity contribution < 1.29 is 19.1 Å². The van der Waals surface area contributed by atoms with E-state index in [1.807, 2.05) is 30.3 Å². The van der Waals surface area contributed by atoms with Crippen LogP contribution < -0.4 is 5.32 Å². The number of amides is 1.